The predicted octanol–water partition coefficient (Wildman–Crippen LogP) is 0.795. The van der Waals surface area contributed by atoms with E-state index < -0.39 is 17.9 Å². The van der Waals surface area contributed by atoms with E-state index in [0.29, 0.717) is 0 Å². The first-order chi connectivity index (χ1) is 11.0. The van der Waals surface area contributed by atoms with Crippen molar-refractivity contribution in [3.05, 3.63) is 41.7 Å². The molecular formula is C15H18N4O4. The lowest BCUT2D eigenvalue weighted by Gasteiger charge is -2.12. The molecule has 0 aliphatic heterocycles. The molecule has 1 atom stereocenters. The maximum Gasteiger partial charge on any atom is 0.326 e. The highest BCUT2D eigenvalue weighted by molar-refractivity contribution is 5.94. The van der Waals surface area contributed by atoms with Crippen molar-refractivity contribution < 1.29 is 19.4 Å². The van der Waals surface area contributed by atoms with Crippen LogP contribution >= 0.6 is 0 Å². The Kier molecular flexibility index (Phi) is 5.42. The first kappa shape index (κ1) is 16.6. The van der Waals surface area contributed by atoms with Gasteiger partial charge in [0.15, 0.2) is 5.69 Å². The molecule has 0 spiro atoms. The van der Waals surface area contributed by atoms with E-state index in [4.69, 9.17) is 9.84 Å². The lowest BCUT2D eigenvalue weighted by Crippen LogP contribution is -2.41. The number of nitrogens with one attached hydrogen (secondary N) is 1. The Labute approximate surface area is 133 Å². The summed E-state index contributed by atoms with van der Waals surface area (Å²) < 4.78 is 6.30. The minimum absolute atomic E-state index is 0.0511. The number of ether oxygens (including phenoxy) is 1. The van der Waals surface area contributed by atoms with Crippen LogP contribution < -0.4 is 5.32 Å². The highest BCUT2D eigenvalue weighted by Crippen LogP contribution is 2.09. The van der Waals surface area contributed by atoms with Crippen LogP contribution in [0, 0.1) is 6.92 Å². The van der Waals surface area contributed by atoms with Crippen molar-refractivity contribution in [2.75, 3.05) is 13.7 Å². The molecule has 0 radical (unpaired) electrons. The molecule has 0 saturated carbocycles. The van der Waals surface area contributed by atoms with Gasteiger partial charge in [-0.3, -0.25) is 4.79 Å². The number of rotatable bonds is 7. The summed E-state index contributed by atoms with van der Waals surface area (Å²) in [5, 5.41) is 19.2. The highest BCUT2D eigenvalue weighted by atomic mass is 16.5. The normalized spacial score (nSPS) is 11.9. The molecule has 0 aliphatic rings. The second kappa shape index (κ2) is 7.50. The zero-order chi connectivity index (χ0) is 16.8. The lowest BCUT2D eigenvalue weighted by atomic mass is 10.2. The van der Waals surface area contributed by atoms with Gasteiger partial charge in [-0.25, -0.2) is 9.48 Å². The number of carboxylic acid groups (broad SMARTS) is 1. The van der Waals surface area contributed by atoms with Gasteiger partial charge in [0, 0.05) is 20.1 Å². The molecule has 1 aromatic carbocycles. The van der Waals surface area contributed by atoms with E-state index in [1.165, 1.54) is 18.0 Å². The van der Waals surface area contributed by atoms with Gasteiger partial charge in [-0.05, 0) is 24.6 Å². The smallest absolute Gasteiger partial charge is 0.326 e. The highest BCUT2D eigenvalue weighted by Gasteiger charge is 2.22. The number of carbonyl (C=O) groups excluding carboxylic acids is 1. The van der Waals surface area contributed by atoms with Crippen molar-refractivity contribution in [2.24, 2.45) is 0 Å². The molecule has 0 aliphatic carbocycles. The Morgan fingerprint density at radius 3 is 2.87 bits per heavy atom. The van der Waals surface area contributed by atoms with E-state index in [2.05, 4.69) is 15.6 Å². The number of benzene rings is 1. The summed E-state index contributed by atoms with van der Waals surface area (Å²) in [6, 6.07) is 6.52. The number of amides is 1. The van der Waals surface area contributed by atoms with E-state index in [1.54, 1.807) is 0 Å². The largest absolute Gasteiger partial charge is 0.480 e. The third-order valence-corrected chi connectivity index (χ3v) is 3.21. The summed E-state index contributed by atoms with van der Waals surface area (Å²) in [5.74, 6) is -1.71. The molecule has 0 bridgehead atoms. The molecule has 23 heavy (non-hydrogen) atoms. The van der Waals surface area contributed by atoms with Gasteiger partial charge < -0.3 is 15.2 Å². The Morgan fingerprint density at radius 1 is 1.43 bits per heavy atom. The summed E-state index contributed by atoms with van der Waals surface area (Å²) in [7, 11) is 1.47. The zero-order valence-corrected chi connectivity index (χ0v) is 12.9. The molecule has 8 heteroatoms. The van der Waals surface area contributed by atoms with E-state index in [9.17, 15) is 9.59 Å². The second-order valence-corrected chi connectivity index (χ2v) is 5.03. The van der Waals surface area contributed by atoms with Crippen LogP contribution in [-0.2, 0) is 9.53 Å². The first-order valence-corrected chi connectivity index (χ1v) is 7.03. The average molecular weight is 318 g/mol. The van der Waals surface area contributed by atoms with Gasteiger partial charge in [-0.1, -0.05) is 17.3 Å². The van der Waals surface area contributed by atoms with Crippen LogP contribution in [0.15, 0.2) is 30.5 Å². The Bertz CT molecular complexity index is 698. The molecule has 1 unspecified atom stereocenters. The first-order valence-electron chi connectivity index (χ1n) is 7.03. The van der Waals surface area contributed by atoms with Crippen LogP contribution in [0.2, 0.25) is 0 Å². The number of aromatic nitrogens is 3. The molecule has 2 rings (SSSR count). The number of methoxy groups -OCH3 is 1. The number of nitrogens with zero attached hydrogens (tertiary/aromatic N) is 3. The number of hydrogen-bond donors (Lipinski definition) is 2. The van der Waals surface area contributed by atoms with Gasteiger partial charge in [-0.2, -0.15) is 0 Å². The number of aryl methyl sites for hydroxylation is 1. The van der Waals surface area contributed by atoms with Gasteiger partial charge in [-0.15, -0.1) is 5.10 Å². The van der Waals surface area contributed by atoms with Gasteiger partial charge in [0.1, 0.15) is 6.04 Å². The third kappa shape index (κ3) is 4.36. The molecule has 122 valence electrons. The lowest BCUT2D eigenvalue weighted by molar-refractivity contribution is -0.139. The molecule has 1 aromatic heterocycles. The minimum atomic E-state index is -1.12. The topological polar surface area (TPSA) is 106 Å². The number of hydrogen-bond acceptors (Lipinski definition) is 5. The maximum atomic E-state index is 12.1. The SMILES string of the molecule is COCCC(NC(=O)c1cn(-c2cccc(C)c2)nn1)C(=O)O. The summed E-state index contributed by atoms with van der Waals surface area (Å²) in [6.45, 7) is 2.18. The summed E-state index contributed by atoms with van der Waals surface area (Å²) in [4.78, 5) is 23.2. The monoisotopic (exact) mass is 318 g/mol. The van der Waals surface area contributed by atoms with Crippen molar-refractivity contribution in [1.29, 1.82) is 0 Å². The van der Waals surface area contributed by atoms with Gasteiger partial charge in [0.2, 0.25) is 0 Å². The van der Waals surface area contributed by atoms with E-state index in [-0.39, 0.29) is 18.7 Å². The van der Waals surface area contributed by atoms with Crippen LogP contribution in [0.3, 0.4) is 0 Å². The molecule has 1 heterocycles. The molecule has 2 aromatic rings. The van der Waals surface area contributed by atoms with Crippen molar-refractivity contribution >= 4 is 11.9 Å². The van der Waals surface area contributed by atoms with E-state index in [1.807, 2.05) is 31.2 Å². The fourth-order valence-electron chi connectivity index (χ4n) is 1.99. The number of carbonyl (C=O) groups is 2. The Morgan fingerprint density at radius 2 is 2.22 bits per heavy atom. The third-order valence-electron chi connectivity index (χ3n) is 3.21. The van der Waals surface area contributed by atoms with E-state index >= 15 is 0 Å². The Balaban J connectivity index is 2.10. The quantitative estimate of drug-likeness (QED) is 0.782. The maximum absolute atomic E-state index is 12.1. The number of carboxylic acids is 1. The molecule has 1 amide bonds. The van der Waals surface area contributed by atoms with Crippen molar-refractivity contribution in [2.45, 2.75) is 19.4 Å². The summed E-state index contributed by atoms with van der Waals surface area (Å²) in [6.07, 6.45) is 1.63. The van der Waals surface area contributed by atoms with Crippen LogP contribution in [-0.4, -0.2) is 51.7 Å². The van der Waals surface area contributed by atoms with Gasteiger partial charge in [0.25, 0.3) is 5.91 Å². The zero-order valence-electron chi connectivity index (χ0n) is 12.9. The molecule has 0 fully saturated rings. The van der Waals surface area contributed by atoms with Crippen molar-refractivity contribution in [3.63, 3.8) is 0 Å². The van der Waals surface area contributed by atoms with Crippen LogP contribution in [0.1, 0.15) is 22.5 Å². The summed E-state index contributed by atoms with van der Waals surface area (Å²) >= 11 is 0. The fraction of sp³-hybridized carbons (Fsp3) is 0.333. The average Bonchev–Trinajstić information content (AvgIpc) is 3.01. The predicted molar refractivity (Wildman–Crippen MR) is 81.5 cm³/mol. The molecule has 8 nitrogen and oxygen atoms in total. The second-order valence-electron chi connectivity index (χ2n) is 5.03. The molecule has 0 saturated heterocycles. The summed E-state index contributed by atoms with van der Waals surface area (Å²) in [5.41, 5.74) is 1.87. The van der Waals surface area contributed by atoms with Crippen molar-refractivity contribution in [1.82, 2.24) is 20.3 Å². The number of aliphatic carboxylic acids is 1. The van der Waals surface area contributed by atoms with Gasteiger partial charge in [0.05, 0.1) is 11.9 Å². The molecule has 2 N–H and O–H groups in total. The fourth-order valence-corrected chi connectivity index (χ4v) is 1.99. The van der Waals surface area contributed by atoms with Crippen LogP contribution in [0.5, 0.6) is 0 Å². The minimum Gasteiger partial charge on any atom is -0.480 e. The molecular weight excluding hydrogens is 300 g/mol. The van der Waals surface area contributed by atoms with Gasteiger partial charge >= 0.3 is 5.97 Å². The van der Waals surface area contributed by atoms with Crippen molar-refractivity contribution in [3.8, 4) is 5.69 Å². The van der Waals surface area contributed by atoms with Crippen LogP contribution in [0.25, 0.3) is 5.69 Å². The Hall–Kier alpha value is -2.74. The van der Waals surface area contributed by atoms with Crippen LogP contribution in [0.4, 0.5) is 0 Å². The van der Waals surface area contributed by atoms with E-state index in [0.717, 1.165) is 11.3 Å². The standard InChI is InChI=1S/C15H18N4O4/c1-10-4-3-5-11(8-10)19-9-13(17-18-19)14(20)16-12(15(21)22)6-7-23-2/h3-5,8-9,12H,6-7H2,1-2H3,(H,16,20)(H,21,22).